The normalized spacial score (nSPS) is 21.5. The summed E-state index contributed by atoms with van der Waals surface area (Å²) in [4.78, 5) is 34.3. The van der Waals surface area contributed by atoms with Crippen molar-refractivity contribution in [1.82, 2.24) is 10.2 Å². The molecule has 0 aromatic heterocycles. The van der Waals surface area contributed by atoms with Crippen LogP contribution < -0.4 is 21.6 Å². The molecule has 1 unspecified atom stereocenters. The van der Waals surface area contributed by atoms with Crippen LogP contribution in [0, 0.1) is 17.3 Å². The number of nitrogens with one attached hydrogen (secondary N) is 1. The average Bonchev–Trinajstić information content (AvgIpc) is 3.27. The molecule has 2 amide bonds. The van der Waals surface area contributed by atoms with E-state index in [2.05, 4.69) is 52.0 Å². The highest BCUT2D eigenvalue weighted by atomic mass is 16.5. The summed E-state index contributed by atoms with van der Waals surface area (Å²) in [6.45, 7) is 14.0. The number of benzene rings is 2. The minimum Gasteiger partial charge on any atom is -0.494 e. The lowest BCUT2D eigenvalue weighted by Gasteiger charge is -2.46. The van der Waals surface area contributed by atoms with Gasteiger partial charge in [-0.05, 0) is 97.7 Å². The maximum Gasteiger partial charge on any atom is 0.275 e. The highest BCUT2D eigenvalue weighted by molar-refractivity contribution is 6.46. The van der Waals surface area contributed by atoms with Gasteiger partial charge < -0.3 is 26.5 Å². The highest BCUT2D eigenvalue weighted by Gasteiger charge is 2.51. The maximum absolute atomic E-state index is 14.4. The summed E-state index contributed by atoms with van der Waals surface area (Å²) in [5, 5.41) is 6.10. The number of carbonyl (C=O) groups is 2. The number of hydrazone groups is 1. The van der Waals surface area contributed by atoms with Crippen molar-refractivity contribution < 1.29 is 14.3 Å². The van der Waals surface area contributed by atoms with Gasteiger partial charge in [0.15, 0.2) is 0 Å². The summed E-state index contributed by atoms with van der Waals surface area (Å²) in [6, 6.07) is 15.0. The van der Waals surface area contributed by atoms with Crippen LogP contribution in [0.3, 0.4) is 0 Å². The molecule has 2 aromatic carbocycles. The van der Waals surface area contributed by atoms with E-state index < -0.39 is 5.66 Å². The third kappa shape index (κ3) is 7.60. The number of amidine groups is 1. The van der Waals surface area contributed by atoms with E-state index in [4.69, 9.17) is 21.3 Å². The number of amides is 2. The number of aliphatic imine (C=N–C) groups is 1. The fourth-order valence-corrected chi connectivity index (χ4v) is 6.28. The third-order valence-electron chi connectivity index (χ3n) is 9.06. The van der Waals surface area contributed by atoms with Crippen molar-refractivity contribution in [2.24, 2.45) is 38.9 Å². The molecular weight excluding hydrogens is 552 g/mol. The number of rotatable bonds is 11. The molecule has 1 aliphatic carbocycles. The van der Waals surface area contributed by atoms with Gasteiger partial charge in [-0.25, -0.2) is 0 Å². The van der Waals surface area contributed by atoms with Gasteiger partial charge in [-0.2, -0.15) is 5.10 Å². The Morgan fingerprint density at radius 3 is 2.30 bits per heavy atom. The van der Waals surface area contributed by atoms with Gasteiger partial charge in [-0.3, -0.25) is 14.6 Å². The summed E-state index contributed by atoms with van der Waals surface area (Å²) in [5.74, 6) is 7.01. The first kappa shape index (κ1) is 33.0. The molecule has 44 heavy (non-hydrogen) atoms. The molecule has 1 atom stereocenters. The fourth-order valence-electron chi connectivity index (χ4n) is 6.28. The minimum absolute atomic E-state index is 0.0420. The smallest absolute Gasteiger partial charge is 0.275 e. The van der Waals surface area contributed by atoms with Crippen LogP contribution in [-0.2, 0) is 4.79 Å². The van der Waals surface area contributed by atoms with E-state index in [1.54, 1.807) is 12.1 Å². The van der Waals surface area contributed by atoms with Gasteiger partial charge in [-0.15, -0.1) is 0 Å². The number of hydrogen-bond donors (Lipinski definition) is 3. The van der Waals surface area contributed by atoms with E-state index in [1.807, 2.05) is 41.3 Å². The Balaban J connectivity index is 1.60. The summed E-state index contributed by atoms with van der Waals surface area (Å²) < 4.78 is 5.98. The molecule has 1 aliphatic heterocycles. The van der Waals surface area contributed by atoms with E-state index in [9.17, 15) is 9.59 Å². The molecule has 0 bridgehead atoms. The molecule has 1 saturated carbocycles. The summed E-state index contributed by atoms with van der Waals surface area (Å²) >= 11 is 0. The molecule has 0 saturated heterocycles. The third-order valence-corrected chi connectivity index (χ3v) is 9.06. The molecule has 0 radical (unpaired) electrons. The molecule has 1 spiro atoms. The van der Waals surface area contributed by atoms with Crippen LogP contribution >= 0.6 is 0 Å². The first-order valence-corrected chi connectivity index (χ1v) is 15.9. The quantitative estimate of drug-likeness (QED) is 0.130. The van der Waals surface area contributed by atoms with Crippen LogP contribution in [-0.4, -0.2) is 47.1 Å². The molecule has 4 rings (SSSR count). The first-order chi connectivity index (χ1) is 20.9. The summed E-state index contributed by atoms with van der Waals surface area (Å²) in [5.41, 5.74) is 8.02. The van der Waals surface area contributed by atoms with Crippen molar-refractivity contribution in [3.8, 4) is 5.75 Å². The lowest BCUT2D eigenvalue weighted by molar-refractivity contribution is -0.133. The number of hydrogen-bond acceptors (Lipinski definition) is 6. The Hall–Kier alpha value is -3.88. The zero-order valence-corrected chi connectivity index (χ0v) is 27.2. The van der Waals surface area contributed by atoms with Crippen molar-refractivity contribution in [2.45, 2.75) is 91.8 Å². The molecule has 1 heterocycles. The van der Waals surface area contributed by atoms with Crippen molar-refractivity contribution in [1.29, 1.82) is 0 Å². The van der Waals surface area contributed by atoms with Gasteiger partial charge in [0, 0.05) is 11.1 Å². The molecule has 1 fully saturated rings. The van der Waals surface area contributed by atoms with Gasteiger partial charge >= 0.3 is 0 Å². The van der Waals surface area contributed by atoms with E-state index in [0.29, 0.717) is 29.7 Å². The van der Waals surface area contributed by atoms with Crippen molar-refractivity contribution in [2.75, 3.05) is 13.2 Å². The Kier molecular flexibility index (Phi) is 10.4. The number of nitrogens with two attached hydrogens (primary N) is 2. The van der Waals surface area contributed by atoms with Gasteiger partial charge in [0.1, 0.15) is 23.0 Å². The Morgan fingerprint density at radius 2 is 1.75 bits per heavy atom. The zero-order valence-electron chi connectivity index (χ0n) is 27.2. The Morgan fingerprint density at radius 1 is 1.11 bits per heavy atom. The SMILES string of the molecule is CCC(c1ccc(C(=O)NCC(N)=NN)cc1)N1C(=O)C(c2ccc(OCCC(C)(C)C)cc2)=NC12CCC(C(C)C)CC2. The van der Waals surface area contributed by atoms with Gasteiger partial charge in [0.2, 0.25) is 0 Å². The number of carbonyl (C=O) groups excluding carboxylic acids is 2. The second kappa shape index (κ2) is 13.8. The highest BCUT2D eigenvalue weighted by Crippen LogP contribution is 2.47. The second-order valence-electron chi connectivity index (χ2n) is 13.7. The standard InChI is InChI=1S/C35H50N6O3/c1-7-29(25-8-10-27(11-9-25)32(42)38-22-30(36)40-37)41-33(43)31(39-35(41)18-16-24(17-19-35)23(2)3)26-12-14-28(15-13-26)44-21-20-34(4,5)6/h8-15,23-24,29H,7,16-22,37H2,1-6H3,(H2,36,40)(H,38,42). The predicted molar refractivity (Wildman–Crippen MR) is 177 cm³/mol. The van der Waals surface area contributed by atoms with Crippen LogP contribution in [0.15, 0.2) is 58.6 Å². The Bertz CT molecular complexity index is 1350. The van der Waals surface area contributed by atoms with Crippen LogP contribution in [0.25, 0.3) is 0 Å². The van der Waals surface area contributed by atoms with Gasteiger partial charge in [-0.1, -0.05) is 53.7 Å². The van der Waals surface area contributed by atoms with E-state index in [-0.39, 0.29) is 35.7 Å². The van der Waals surface area contributed by atoms with E-state index in [0.717, 1.165) is 55.4 Å². The maximum atomic E-state index is 14.4. The predicted octanol–water partition coefficient (Wildman–Crippen LogP) is 5.79. The molecule has 238 valence electrons. The molecule has 5 N–H and O–H groups in total. The van der Waals surface area contributed by atoms with Crippen molar-refractivity contribution in [3.63, 3.8) is 0 Å². The van der Waals surface area contributed by atoms with Crippen molar-refractivity contribution >= 4 is 23.4 Å². The van der Waals surface area contributed by atoms with Crippen LogP contribution in [0.4, 0.5) is 0 Å². The molecular formula is C35H50N6O3. The first-order valence-electron chi connectivity index (χ1n) is 15.9. The monoisotopic (exact) mass is 602 g/mol. The summed E-state index contributed by atoms with van der Waals surface area (Å²) in [7, 11) is 0. The average molecular weight is 603 g/mol. The lowest BCUT2D eigenvalue weighted by atomic mass is 9.76. The number of nitrogens with zero attached hydrogens (tertiary/aromatic N) is 3. The van der Waals surface area contributed by atoms with Crippen molar-refractivity contribution in [3.05, 3.63) is 65.2 Å². The van der Waals surface area contributed by atoms with Gasteiger partial charge in [0.25, 0.3) is 11.8 Å². The zero-order chi connectivity index (χ0) is 32.1. The van der Waals surface area contributed by atoms with E-state index in [1.165, 1.54) is 0 Å². The largest absolute Gasteiger partial charge is 0.494 e. The van der Waals surface area contributed by atoms with E-state index >= 15 is 0 Å². The molecule has 9 heteroatoms. The van der Waals surface area contributed by atoms with Gasteiger partial charge in [0.05, 0.1) is 19.2 Å². The minimum atomic E-state index is -0.588. The topological polar surface area (TPSA) is 135 Å². The second-order valence-corrected chi connectivity index (χ2v) is 13.7. The molecule has 2 aliphatic rings. The molecule has 2 aromatic rings. The lowest BCUT2D eigenvalue weighted by Crippen LogP contribution is -2.51. The van der Waals surface area contributed by atoms with Crippen LogP contribution in [0.1, 0.15) is 108 Å². The van der Waals surface area contributed by atoms with Crippen LogP contribution in [0.5, 0.6) is 5.75 Å². The Labute approximate surface area is 262 Å². The fraction of sp³-hybridized carbons (Fsp3) is 0.543. The molecule has 9 nitrogen and oxygen atoms in total. The summed E-state index contributed by atoms with van der Waals surface area (Å²) in [6.07, 6.45) is 5.41. The van der Waals surface area contributed by atoms with Crippen LogP contribution in [0.2, 0.25) is 0 Å². The number of ether oxygens (including phenoxy) is 1.